The zero-order chi connectivity index (χ0) is 22.1. The van der Waals surface area contributed by atoms with Crippen LogP contribution in [0, 0.1) is 23.1 Å². The fraction of sp³-hybridized carbons (Fsp3) is 0.231. The van der Waals surface area contributed by atoms with Crippen LogP contribution in [0.25, 0.3) is 0 Å². The molecule has 0 N–H and O–H groups in total. The number of ether oxygens (including phenoxy) is 2. The zero-order valence-electron chi connectivity index (χ0n) is 17.3. The van der Waals surface area contributed by atoms with Gasteiger partial charge < -0.3 is 9.47 Å². The number of halogens is 1. The molecule has 0 aliphatic heterocycles. The lowest BCUT2D eigenvalue weighted by molar-refractivity contribution is -0.146. The van der Waals surface area contributed by atoms with Gasteiger partial charge >= 0.3 is 5.97 Å². The number of carbonyl (C=O) groups is 1. The predicted molar refractivity (Wildman–Crippen MR) is 116 cm³/mol. The molecule has 158 valence electrons. The molecule has 3 aromatic carbocycles. The molecule has 0 saturated heterocycles. The molecular weight excluding hydrogens is 393 g/mol. The van der Waals surface area contributed by atoms with Crippen LogP contribution >= 0.6 is 0 Å². The maximum Gasteiger partial charge on any atom is 0.323 e. The van der Waals surface area contributed by atoms with Crippen molar-refractivity contribution in [3.8, 4) is 11.8 Å². The highest BCUT2D eigenvalue weighted by Crippen LogP contribution is 2.30. The molecule has 0 spiro atoms. The highest BCUT2D eigenvalue weighted by atomic mass is 19.1. The van der Waals surface area contributed by atoms with Crippen LogP contribution in [0.4, 0.5) is 4.39 Å². The van der Waals surface area contributed by atoms with Gasteiger partial charge in [0.2, 0.25) is 0 Å². The summed E-state index contributed by atoms with van der Waals surface area (Å²) >= 11 is 0. The van der Waals surface area contributed by atoms with Crippen LogP contribution in [0.1, 0.15) is 29.5 Å². The van der Waals surface area contributed by atoms with E-state index in [1.165, 1.54) is 12.1 Å². The third-order valence-corrected chi connectivity index (χ3v) is 5.01. The Morgan fingerprint density at radius 1 is 0.968 bits per heavy atom. The summed E-state index contributed by atoms with van der Waals surface area (Å²) in [6.45, 7) is 2.37. The van der Waals surface area contributed by atoms with E-state index in [2.05, 4.69) is 6.07 Å². The molecule has 0 heterocycles. The summed E-state index contributed by atoms with van der Waals surface area (Å²) in [6.07, 6.45) is 0.432. The van der Waals surface area contributed by atoms with Crippen LogP contribution in [-0.2, 0) is 22.6 Å². The standard InChI is InChI=1S/C26H24FNO3/c1-2-30-26(29)25(17-28)24(21-10-12-22(27)13-11-21)16-19-8-14-23(15-9-19)31-18-20-6-4-3-5-7-20/h3-15,24-25H,2,16,18H2,1H3. The van der Waals surface area contributed by atoms with Gasteiger partial charge in [0.25, 0.3) is 0 Å². The highest BCUT2D eigenvalue weighted by molar-refractivity contribution is 5.76. The zero-order valence-corrected chi connectivity index (χ0v) is 17.3. The Balaban J connectivity index is 1.76. The van der Waals surface area contributed by atoms with Crippen molar-refractivity contribution in [2.24, 2.45) is 5.92 Å². The van der Waals surface area contributed by atoms with Crippen LogP contribution < -0.4 is 4.74 Å². The third kappa shape index (κ3) is 6.16. The van der Waals surface area contributed by atoms with E-state index in [0.717, 1.165) is 16.9 Å². The maximum atomic E-state index is 13.4. The number of benzene rings is 3. The molecule has 0 aromatic heterocycles. The Morgan fingerprint density at radius 3 is 2.26 bits per heavy atom. The number of hydrogen-bond donors (Lipinski definition) is 0. The van der Waals surface area contributed by atoms with E-state index in [1.54, 1.807) is 19.1 Å². The largest absolute Gasteiger partial charge is 0.489 e. The van der Waals surface area contributed by atoms with Crippen LogP contribution in [0.2, 0.25) is 0 Å². The van der Waals surface area contributed by atoms with E-state index in [-0.39, 0.29) is 12.4 Å². The summed E-state index contributed by atoms with van der Waals surface area (Å²) in [5.41, 5.74) is 2.73. The number of hydrogen-bond acceptors (Lipinski definition) is 4. The molecule has 0 fully saturated rings. The van der Waals surface area contributed by atoms with E-state index in [1.807, 2.05) is 54.6 Å². The summed E-state index contributed by atoms with van der Waals surface area (Å²) in [5.74, 6) is -1.65. The molecule has 31 heavy (non-hydrogen) atoms. The van der Waals surface area contributed by atoms with E-state index in [0.29, 0.717) is 18.6 Å². The van der Waals surface area contributed by atoms with Crippen LogP contribution in [0.5, 0.6) is 5.75 Å². The van der Waals surface area contributed by atoms with Gasteiger partial charge in [-0.15, -0.1) is 0 Å². The average molecular weight is 417 g/mol. The van der Waals surface area contributed by atoms with Crippen molar-refractivity contribution in [3.63, 3.8) is 0 Å². The smallest absolute Gasteiger partial charge is 0.323 e. The van der Waals surface area contributed by atoms with Gasteiger partial charge in [-0.3, -0.25) is 4.79 Å². The summed E-state index contributed by atoms with van der Waals surface area (Å²) in [5, 5.41) is 9.66. The summed E-state index contributed by atoms with van der Waals surface area (Å²) < 4.78 is 24.3. The number of carbonyl (C=O) groups excluding carboxylic acids is 1. The molecule has 0 bridgehead atoms. The van der Waals surface area contributed by atoms with Crippen LogP contribution in [-0.4, -0.2) is 12.6 Å². The molecule has 0 amide bonds. The molecule has 0 aliphatic carbocycles. The Hall–Kier alpha value is -3.65. The molecule has 4 nitrogen and oxygen atoms in total. The Bertz CT molecular complexity index is 1010. The molecular formula is C26H24FNO3. The fourth-order valence-electron chi connectivity index (χ4n) is 3.39. The van der Waals surface area contributed by atoms with Crippen molar-refractivity contribution in [2.45, 2.75) is 25.9 Å². The van der Waals surface area contributed by atoms with E-state index >= 15 is 0 Å². The minimum absolute atomic E-state index is 0.195. The molecule has 5 heteroatoms. The van der Waals surface area contributed by atoms with Gasteiger partial charge in [0.15, 0.2) is 5.92 Å². The van der Waals surface area contributed by atoms with Gasteiger partial charge in [0.1, 0.15) is 18.2 Å². The third-order valence-electron chi connectivity index (χ3n) is 5.01. The Morgan fingerprint density at radius 2 is 1.65 bits per heavy atom. The van der Waals surface area contributed by atoms with Crippen molar-refractivity contribution < 1.29 is 18.7 Å². The van der Waals surface area contributed by atoms with Crippen molar-refractivity contribution in [3.05, 3.63) is 101 Å². The lowest BCUT2D eigenvalue weighted by Gasteiger charge is -2.21. The van der Waals surface area contributed by atoms with E-state index < -0.39 is 17.8 Å². The van der Waals surface area contributed by atoms with Crippen LogP contribution in [0.3, 0.4) is 0 Å². The van der Waals surface area contributed by atoms with Gasteiger partial charge in [0.05, 0.1) is 12.7 Å². The second-order valence-electron chi connectivity index (χ2n) is 7.14. The van der Waals surface area contributed by atoms with Crippen molar-refractivity contribution in [1.29, 1.82) is 5.26 Å². The minimum atomic E-state index is -0.987. The molecule has 3 rings (SSSR count). The fourth-order valence-corrected chi connectivity index (χ4v) is 3.39. The maximum absolute atomic E-state index is 13.4. The molecule has 3 aromatic rings. The summed E-state index contributed by atoms with van der Waals surface area (Å²) in [7, 11) is 0. The molecule has 0 radical (unpaired) electrons. The topological polar surface area (TPSA) is 59.3 Å². The molecule has 2 atom stereocenters. The van der Waals surface area contributed by atoms with E-state index in [9.17, 15) is 14.4 Å². The number of rotatable bonds is 9. The lowest BCUT2D eigenvalue weighted by Crippen LogP contribution is -2.25. The average Bonchev–Trinajstić information content (AvgIpc) is 2.80. The first-order valence-corrected chi connectivity index (χ1v) is 10.2. The SMILES string of the molecule is CCOC(=O)C(C#N)C(Cc1ccc(OCc2ccccc2)cc1)c1ccc(F)cc1. The van der Waals surface area contributed by atoms with E-state index in [4.69, 9.17) is 9.47 Å². The van der Waals surface area contributed by atoms with Crippen molar-refractivity contribution >= 4 is 5.97 Å². The number of nitrogens with zero attached hydrogens (tertiary/aromatic N) is 1. The number of esters is 1. The monoisotopic (exact) mass is 417 g/mol. The first kappa shape index (κ1) is 22.0. The van der Waals surface area contributed by atoms with Gasteiger partial charge in [-0.1, -0.05) is 54.6 Å². The first-order valence-electron chi connectivity index (χ1n) is 10.2. The normalized spacial score (nSPS) is 12.4. The Kier molecular flexibility index (Phi) is 7.78. The van der Waals surface area contributed by atoms with Gasteiger partial charge in [-0.2, -0.15) is 5.26 Å². The second-order valence-corrected chi connectivity index (χ2v) is 7.14. The van der Waals surface area contributed by atoms with Gasteiger partial charge in [0, 0.05) is 5.92 Å². The first-order chi connectivity index (χ1) is 15.1. The predicted octanol–water partition coefficient (Wildman–Crippen LogP) is 5.43. The quantitative estimate of drug-likeness (QED) is 0.435. The number of nitriles is 1. The molecule has 2 unspecified atom stereocenters. The Labute approximate surface area is 181 Å². The van der Waals surface area contributed by atoms with Gasteiger partial charge in [-0.05, 0) is 54.3 Å². The molecule has 0 saturated carbocycles. The summed E-state index contributed by atoms with van der Waals surface area (Å²) in [6, 6.07) is 25.4. The van der Waals surface area contributed by atoms with Crippen molar-refractivity contribution in [1.82, 2.24) is 0 Å². The highest BCUT2D eigenvalue weighted by Gasteiger charge is 2.31. The van der Waals surface area contributed by atoms with Crippen LogP contribution in [0.15, 0.2) is 78.9 Å². The minimum Gasteiger partial charge on any atom is -0.489 e. The second kappa shape index (κ2) is 10.9. The molecule has 0 aliphatic rings. The van der Waals surface area contributed by atoms with Gasteiger partial charge in [-0.25, -0.2) is 4.39 Å². The van der Waals surface area contributed by atoms with Crippen molar-refractivity contribution in [2.75, 3.05) is 6.61 Å². The lowest BCUT2D eigenvalue weighted by atomic mass is 9.82. The summed E-state index contributed by atoms with van der Waals surface area (Å²) in [4.78, 5) is 12.4.